The van der Waals surface area contributed by atoms with E-state index in [1.54, 1.807) is 0 Å². The molecule has 2 saturated heterocycles. The molecule has 10 heteroatoms. The molecule has 0 radical (unpaired) electrons. The largest absolute Gasteiger partial charge is 0.487 e. The number of nitrogens with one attached hydrogen (secondary N) is 1. The maximum absolute atomic E-state index is 13.3. The lowest BCUT2D eigenvalue weighted by molar-refractivity contribution is -0.137. The van der Waals surface area contributed by atoms with Crippen LogP contribution in [0.1, 0.15) is 54.4 Å². The van der Waals surface area contributed by atoms with Crippen LogP contribution in [0.5, 0.6) is 5.75 Å². The van der Waals surface area contributed by atoms with E-state index in [0.29, 0.717) is 31.0 Å². The van der Waals surface area contributed by atoms with Gasteiger partial charge in [-0.2, -0.15) is 18.2 Å². The third kappa shape index (κ3) is 5.67. The number of carbonyl (C=O) groups excluding carboxylic acids is 1. The summed E-state index contributed by atoms with van der Waals surface area (Å²) in [6.07, 6.45) is -0.877. The number of benzene rings is 1. The van der Waals surface area contributed by atoms with E-state index in [-0.39, 0.29) is 28.9 Å². The summed E-state index contributed by atoms with van der Waals surface area (Å²) in [4.78, 5) is 18.9. The van der Waals surface area contributed by atoms with Crippen LogP contribution in [0.4, 0.5) is 13.2 Å². The fourth-order valence-electron chi connectivity index (χ4n) is 3.60. The van der Waals surface area contributed by atoms with Crippen LogP contribution in [0.3, 0.4) is 0 Å². The second-order valence-corrected chi connectivity index (χ2v) is 10.4. The molecule has 2 aliphatic rings. The van der Waals surface area contributed by atoms with E-state index in [1.807, 2.05) is 10.8 Å². The zero-order valence-corrected chi connectivity index (χ0v) is 19.7. The maximum Gasteiger partial charge on any atom is 0.416 e. The minimum Gasteiger partial charge on any atom is -0.487 e. The molecule has 0 bridgehead atoms. The van der Waals surface area contributed by atoms with E-state index in [1.165, 1.54) is 17.4 Å². The molecule has 2 fully saturated rings. The number of ether oxygens (including phenoxy) is 2. The summed E-state index contributed by atoms with van der Waals surface area (Å²) in [7, 11) is 0. The van der Waals surface area contributed by atoms with Crippen molar-refractivity contribution in [1.29, 1.82) is 0 Å². The summed E-state index contributed by atoms with van der Waals surface area (Å²) in [6.45, 7) is 8.58. The van der Waals surface area contributed by atoms with Crippen LogP contribution < -0.4 is 14.9 Å². The smallest absolute Gasteiger partial charge is 0.416 e. The molecule has 2 aliphatic heterocycles. The van der Waals surface area contributed by atoms with Gasteiger partial charge in [-0.1, -0.05) is 20.8 Å². The molecular weight excluding hydrogens is 455 g/mol. The van der Waals surface area contributed by atoms with Crippen molar-refractivity contribution in [2.45, 2.75) is 64.0 Å². The second-order valence-electron chi connectivity index (χ2n) is 9.44. The molecule has 6 nitrogen and oxygen atoms in total. The number of amides is 1. The Morgan fingerprint density at radius 3 is 2.64 bits per heavy atom. The first-order valence-electron chi connectivity index (χ1n) is 11.0. The van der Waals surface area contributed by atoms with E-state index < -0.39 is 17.6 Å². The molecule has 1 atom stereocenters. The van der Waals surface area contributed by atoms with E-state index >= 15 is 0 Å². The molecule has 1 amide bonds. The lowest BCUT2D eigenvalue weighted by atomic mass is 9.95. The van der Waals surface area contributed by atoms with Crippen molar-refractivity contribution in [3.05, 3.63) is 45.2 Å². The number of hydrogen-bond acceptors (Lipinski definition) is 5. The third-order valence-corrected chi connectivity index (χ3v) is 7.10. The van der Waals surface area contributed by atoms with Crippen molar-refractivity contribution in [1.82, 2.24) is 9.88 Å². The minimum absolute atomic E-state index is 0.0278. The van der Waals surface area contributed by atoms with Crippen LogP contribution in [0.25, 0.3) is 0 Å². The SMILES string of the molecule is CC(C)(C)c1cn(CC2CCCO2)c(=NC(=O)c2cc(C(F)(F)F)ccc2OC2CNC2)s1. The molecule has 1 N–H and O–H groups in total. The molecule has 2 aromatic rings. The summed E-state index contributed by atoms with van der Waals surface area (Å²) >= 11 is 1.36. The van der Waals surface area contributed by atoms with Crippen LogP contribution in [0.15, 0.2) is 29.4 Å². The van der Waals surface area contributed by atoms with Crippen LogP contribution in [-0.2, 0) is 22.9 Å². The van der Waals surface area contributed by atoms with Gasteiger partial charge in [0.1, 0.15) is 11.9 Å². The zero-order valence-electron chi connectivity index (χ0n) is 18.9. The molecule has 0 spiro atoms. The molecule has 0 aliphatic carbocycles. The number of hydrogen-bond donors (Lipinski definition) is 1. The molecule has 180 valence electrons. The number of nitrogens with zero attached hydrogens (tertiary/aromatic N) is 2. The van der Waals surface area contributed by atoms with Crippen LogP contribution in [0, 0.1) is 0 Å². The summed E-state index contributed by atoms with van der Waals surface area (Å²) in [5.74, 6) is -0.645. The van der Waals surface area contributed by atoms with Crippen LogP contribution in [-0.4, -0.2) is 42.4 Å². The molecule has 33 heavy (non-hydrogen) atoms. The fourth-order valence-corrected chi connectivity index (χ4v) is 4.66. The van der Waals surface area contributed by atoms with Gasteiger partial charge in [-0.25, -0.2) is 0 Å². The van der Waals surface area contributed by atoms with Crippen molar-refractivity contribution in [3.8, 4) is 5.75 Å². The number of alkyl halides is 3. The first-order chi connectivity index (χ1) is 15.5. The molecule has 3 heterocycles. The highest BCUT2D eigenvalue weighted by molar-refractivity contribution is 7.09. The Bertz CT molecular complexity index is 1080. The summed E-state index contributed by atoms with van der Waals surface area (Å²) < 4.78 is 53.4. The topological polar surface area (TPSA) is 64.9 Å². The van der Waals surface area contributed by atoms with Gasteiger partial charge in [0.25, 0.3) is 5.91 Å². The van der Waals surface area contributed by atoms with Gasteiger partial charge in [0, 0.05) is 30.8 Å². The van der Waals surface area contributed by atoms with Gasteiger partial charge in [-0.05, 0) is 36.5 Å². The normalized spacial score (nSPS) is 20.2. The third-order valence-electron chi connectivity index (χ3n) is 5.66. The predicted octanol–water partition coefficient (Wildman–Crippen LogP) is 4.14. The lowest BCUT2D eigenvalue weighted by Crippen LogP contribution is -2.50. The number of thiazole rings is 1. The van der Waals surface area contributed by atoms with E-state index in [4.69, 9.17) is 9.47 Å². The number of carbonyl (C=O) groups is 1. The van der Waals surface area contributed by atoms with Gasteiger partial charge in [0.05, 0.1) is 23.8 Å². The Hall–Kier alpha value is -2.17. The highest BCUT2D eigenvalue weighted by atomic mass is 32.1. The molecule has 1 unspecified atom stereocenters. The van der Waals surface area contributed by atoms with Crippen molar-refractivity contribution >= 4 is 17.2 Å². The molecule has 1 aromatic heterocycles. The van der Waals surface area contributed by atoms with Gasteiger partial charge in [0.15, 0.2) is 4.80 Å². The Labute approximate surface area is 194 Å². The van der Waals surface area contributed by atoms with Crippen molar-refractivity contribution in [2.24, 2.45) is 4.99 Å². The van der Waals surface area contributed by atoms with Crippen LogP contribution in [0.2, 0.25) is 0 Å². The van der Waals surface area contributed by atoms with Crippen LogP contribution >= 0.6 is 11.3 Å². The summed E-state index contributed by atoms with van der Waals surface area (Å²) in [6, 6.07) is 2.97. The average molecular weight is 484 g/mol. The quantitative estimate of drug-likeness (QED) is 0.695. The summed E-state index contributed by atoms with van der Waals surface area (Å²) in [5.41, 5.74) is -1.26. The zero-order chi connectivity index (χ0) is 23.8. The highest BCUT2D eigenvalue weighted by Gasteiger charge is 2.33. The van der Waals surface area contributed by atoms with Gasteiger partial charge in [-0.15, -0.1) is 11.3 Å². The van der Waals surface area contributed by atoms with Crippen molar-refractivity contribution in [3.63, 3.8) is 0 Å². The minimum atomic E-state index is -4.58. The Balaban J connectivity index is 1.73. The van der Waals surface area contributed by atoms with Gasteiger partial charge in [-0.3, -0.25) is 4.79 Å². The average Bonchev–Trinajstić information content (AvgIpc) is 3.34. The molecule has 4 rings (SSSR count). The number of halogens is 3. The van der Waals surface area contributed by atoms with Crippen molar-refractivity contribution in [2.75, 3.05) is 19.7 Å². The monoisotopic (exact) mass is 483 g/mol. The number of rotatable bonds is 5. The van der Waals surface area contributed by atoms with Gasteiger partial charge in [0.2, 0.25) is 0 Å². The van der Waals surface area contributed by atoms with Gasteiger partial charge >= 0.3 is 6.18 Å². The molecular formula is C23H28F3N3O3S. The summed E-state index contributed by atoms with van der Waals surface area (Å²) in [5, 5.41) is 3.04. The standard InChI is InChI=1S/C23H28F3N3O3S/c1-22(2,3)19-13-29(12-15-5-4-8-31-15)21(33-19)28-20(30)17-9-14(23(24,25)26)6-7-18(17)32-16-10-27-11-16/h6-7,9,13,15-16,27H,4-5,8,10-12H2,1-3H3. The molecule has 0 saturated carbocycles. The van der Waals surface area contributed by atoms with Gasteiger partial charge < -0.3 is 19.4 Å². The first-order valence-corrected chi connectivity index (χ1v) is 11.8. The van der Waals surface area contributed by atoms with Crippen molar-refractivity contribution < 1.29 is 27.4 Å². The fraction of sp³-hybridized carbons (Fsp3) is 0.565. The second kappa shape index (κ2) is 9.23. The van der Waals surface area contributed by atoms with E-state index in [9.17, 15) is 18.0 Å². The predicted molar refractivity (Wildman–Crippen MR) is 119 cm³/mol. The maximum atomic E-state index is 13.3. The Kier molecular flexibility index (Phi) is 6.70. The number of aromatic nitrogens is 1. The highest BCUT2D eigenvalue weighted by Crippen LogP contribution is 2.33. The lowest BCUT2D eigenvalue weighted by Gasteiger charge is -2.28. The Morgan fingerprint density at radius 1 is 1.30 bits per heavy atom. The molecule has 1 aromatic carbocycles. The van der Waals surface area contributed by atoms with E-state index in [2.05, 4.69) is 31.1 Å². The Morgan fingerprint density at radius 2 is 2.06 bits per heavy atom. The van der Waals surface area contributed by atoms with E-state index in [0.717, 1.165) is 29.9 Å². The first kappa shape index (κ1) is 24.0.